The highest BCUT2D eigenvalue weighted by atomic mass is 35.5. The van der Waals surface area contributed by atoms with Gasteiger partial charge in [-0.1, -0.05) is 11.6 Å². The van der Waals surface area contributed by atoms with Crippen LogP contribution < -0.4 is 5.73 Å². The third kappa shape index (κ3) is 2.94. The van der Waals surface area contributed by atoms with Gasteiger partial charge in [0.05, 0.1) is 11.1 Å². The van der Waals surface area contributed by atoms with Crippen molar-refractivity contribution in [2.45, 2.75) is 18.9 Å². The minimum absolute atomic E-state index is 0.336. The molecule has 0 aromatic carbocycles. The molecule has 0 saturated heterocycles. The fourth-order valence-corrected chi connectivity index (χ4v) is 3.11. The fourth-order valence-electron chi connectivity index (χ4n) is 1.85. The molecule has 1 aromatic heterocycles. The number of nitrogens with two attached hydrogens (primary N) is 1. The molecule has 1 heterocycles. The summed E-state index contributed by atoms with van der Waals surface area (Å²) < 4.78 is 0. The normalized spacial score (nSPS) is 18.4. The summed E-state index contributed by atoms with van der Waals surface area (Å²) in [7, 11) is 2.16. The first-order chi connectivity index (χ1) is 7.20. The Bertz CT molecular complexity index is 322. The van der Waals surface area contributed by atoms with Crippen LogP contribution in [0.15, 0.2) is 11.4 Å². The summed E-state index contributed by atoms with van der Waals surface area (Å²) in [6.45, 7) is 1.83. The molecule has 2 N–H and O–H groups in total. The largest absolute Gasteiger partial charge is 0.329 e. The maximum absolute atomic E-state index is 5.94. The van der Waals surface area contributed by atoms with E-state index in [1.165, 1.54) is 17.7 Å². The Hall–Kier alpha value is -0.0900. The number of halogens is 1. The molecular formula is C11H17ClN2S. The van der Waals surface area contributed by atoms with Gasteiger partial charge >= 0.3 is 0 Å². The first-order valence-electron chi connectivity index (χ1n) is 5.35. The molecule has 1 fully saturated rings. The van der Waals surface area contributed by atoms with Crippen molar-refractivity contribution in [3.63, 3.8) is 0 Å². The second kappa shape index (κ2) is 4.83. The lowest BCUT2D eigenvalue weighted by atomic mass is 10.2. The zero-order chi connectivity index (χ0) is 10.8. The first kappa shape index (κ1) is 11.4. The minimum Gasteiger partial charge on any atom is -0.329 e. The zero-order valence-electron chi connectivity index (χ0n) is 8.95. The van der Waals surface area contributed by atoms with E-state index < -0.39 is 0 Å². The summed E-state index contributed by atoms with van der Waals surface area (Å²) in [6, 6.07) is 2.37. The van der Waals surface area contributed by atoms with Gasteiger partial charge in [0.25, 0.3) is 0 Å². The van der Waals surface area contributed by atoms with Gasteiger partial charge in [0.15, 0.2) is 0 Å². The minimum atomic E-state index is 0.336. The second-order valence-corrected chi connectivity index (χ2v) is 5.68. The summed E-state index contributed by atoms with van der Waals surface area (Å²) >= 11 is 7.64. The van der Waals surface area contributed by atoms with Gasteiger partial charge in [-0.2, -0.15) is 0 Å². The van der Waals surface area contributed by atoms with Crippen molar-refractivity contribution in [1.29, 1.82) is 0 Å². The van der Waals surface area contributed by atoms with Crippen molar-refractivity contribution >= 4 is 22.9 Å². The lowest BCUT2D eigenvalue weighted by Crippen LogP contribution is -2.31. The van der Waals surface area contributed by atoms with E-state index in [4.69, 9.17) is 17.3 Å². The molecule has 84 valence electrons. The Morgan fingerprint density at radius 2 is 2.40 bits per heavy atom. The molecule has 0 radical (unpaired) electrons. The van der Waals surface area contributed by atoms with Crippen LogP contribution in [-0.4, -0.2) is 25.0 Å². The van der Waals surface area contributed by atoms with Crippen LogP contribution in [0, 0.1) is 5.92 Å². The zero-order valence-corrected chi connectivity index (χ0v) is 10.5. The molecule has 1 saturated carbocycles. The van der Waals surface area contributed by atoms with Gasteiger partial charge in [-0.15, -0.1) is 11.3 Å². The number of likely N-dealkylation sites (N-methyl/N-ethyl adjacent to an activating group) is 1. The highest BCUT2D eigenvalue weighted by Gasteiger charge is 2.26. The number of nitrogens with zero attached hydrogens (tertiary/aromatic N) is 1. The van der Waals surface area contributed by atoms with Crippen LogP contribution in [0.25, 0.3) is 0 Å². The van der Waals surface area contributed by atoms with Crippen LogP contribution in [-0.2, 0) is 0 Å². The lowest BCUT2D eigenvalue weighted by molar-refractivity contribution is 0.243. The summed E-state index contributed by atoms with van der Waals surface area (Å²) in [6.07, 6.45) is 2.76. The van der Waals surface area contributed by atoms with Crippen molar-refractivity contribution < 1.29 is 0 Å². The lowest BCUT2D eigenvalue weighted by Gasteiger charge is -2.25. The molecule has 1 aliphatic rings. The van der Waals surface area contributed by atoms with E-state index in [-0.39, 0.29) is 0 Å². The van der Waals surface area contributed by atoms with Gasteiger partial charge in [-0.3, -0.25) is 4.90 Å². The molecule has 1 aromatic rings. The molecule has 2 rings (SSSR count). The van der Waals surface area contributed by atoms with E-state index in [1.807, 2.05) is 11.4 Å². The first-order valence-corrected chi connectivity index (χ1v) is 6.60. The quantitative estimate of drug-likeness (QED) is 0.863. The Morgan fingerprint density at radius 3 is 2.87 bits per heavy atom. The summed E-state index contributed by atoms with van der Waals surface area (Å²) in [5, 5.41) is 2.80. The monoisotopic (exact) mass is 244 g/mol. The number of hydrogen-bond acceptors (Lipinski definition) is 3. The van der Waals surface area contributed by atoms with E-state index >= 15 is 0 Å². The van der Waals surface area contributed by atoms with Gasteiger partial charge in [0.2, 0.25) is 0 Å². The van der Waals surface area contributed by atoms with Gasteiger partial charge in [0.1, 0.15) is 0 Å². The number of hydrogen-bond donors (Lipinski definition) is 1. The third-order valence-electron chi connectivity index (χ3n) is 2.91. The maximum atomic E-state index is 5.94. The molecule has 0 spiro atoms. The highest BCUT2D eigenvalue weighted by Crippen LogP contribution is 2.33. The number of thiophene rings is 1. The molecule has 1 unspecified atom stereocenters. The Kier molecular flexibility index (Phi) is 3.67. The Balaban J connectivity index is 2.01. The SMILES string of the molecule is CN(CC1CC1)C(CN)c1cc(Cl)cs1. The predicted octanol–water partition coefficient (Wildman–Crippen LogP) is 2.74. The summed E-state index contributed by atoms with van der Waals surface area (Å²) in [5.41, 5.74) is 5.83. The second-order valence-electron chi connectivity index (χ2n) is 4.30. The summed E-state index contributed by atoms with van der Waals surface area (Å²) in [5.74, 6) is 0.902. The number of rotatable bonds is 5. The van der Waals surface area contributed by atoms with E-state index in [0.29, 0.717) is 12.6 Å². The molecule has 0 amide bonds. The average Bonchev–Trinajstić information content (AvgIpc) is 2.90. The molecule has 0 aliphatic heterocycles. The highest BCUT2D eigenvalue weighted by molar-refractivity contribution is 7.10. The standard InChI is InChI=1S/C11H17ClN2S/c1-14(6-8-2-3-8)10(5-13)11-4-9(12)7-15-11/h4,7-8,10H,2-3,5-6,13H2,1H3. The van der Waals surface area contributed by atoms with Gasteiger partial charge < -0.3 is 5.73 Å². The maximum Gasteiger partial charge on any atom is 0.0562 e. The van der Waals surface area contributed by atoms with E-state index in [2.05, 4.69) is 11.9 Å². The average molecular weight is 245 g/mol. The van der Waals surface area contributed by atoms with E-state index in [0.717, 1.165) is 17.5 Å². The van der Waals surface area contributed by atoms with Crippen molar-refractivity contribution in [1.82, 2.24) is 4.90 Å². The van der Waals surface area contributed by atoms with Crippen LogP contribution in [0.3, 0.4) is 0 Å². The van der Waals surface area contributed by atoms with Gasteiger partial charge in [-0.25, -0.2) is 0 Å². The van der Waals surface area contributed by atoms with Crippen LogP contribution in [0.4, 0.5) is 0 Å². The smallest absolute Gasteiger partial charge is 0.0562 e. The predicted molar refractivity (Wildman–Crippen MR) is 66.5 cm³/mol. The molecule has 2 nitrogen and oxygen atoms in total. The van der Waals surface area contributed by atoms with E-state index in [1.54, 1.807) is 11.3 Å². The topological polar surface area (TPSA) is 29.3 Å². The molecule has 0 bridgehead atoms. The fraction of sp³-hybridized carbons (Fsp3) is 0.636. The molecule has 15 heavy (non-hydrogen) atoms. The molecule has 1 atom stereocenters. The van der Waals surface area contributed by atoms with Crippen molar-refractivity contribution in [3.8, 4) is 0 Å². The van der Waals surface area contributed by atoms with Crippen LogP contribution >= 0.6 is 22.9 Å². The molecule has 4 heteroatoms. The Morgan fingerprint density at radius 1 is 1.67 bits per heavy atom. The third-order valence-corrected chi connectivity index (χ3v) is 4.30. The van der Waals surface area contributed by atoms with Crippen molar-refractivity contribution in [2.75, 3.05) is 20.1 Å². The van der Waals surface area contributed by atoms with Crippen LogP contribution in [0.1, 0.15) is 23.8 Å². The molecular weight excluding hydrogens is 228 g/mol. The van der Waals surface area contributed by atoms with Gasteiger partial charge in [0, 0.05) is 23.3 Å². The van der Waals surface area contributed by atoms with E-state index in [9.17, 15) is 0 Å². The van der Waals surface area contributed by atoms with Crippen molar-refractivity contribution in [3.05, 3.63) is 21.3 Å². The van der Waals surface area contributed by atoms with Gasteiger partial charge in [-0.05, 0) is 31.9 Å². The Labute approximate surface area is 100 Å². The molecule has 1 aliphatic carbocycles. The summed E-state index contributed by atoms with van der Waals surface area (Å²) in [4.78, 5) is 3.64. The van der Waals surface area contributed by atoms with Crippen LogP contribution in [0.5, 0.6) is 0 Å². The van der Waals surface area contributed by atoms with Crippen LogP contribution in [0.2, 0.25) is 5.02 Å². The van der Waals surface area contributed by atoms with Crippen molar-refractivity contribution in [2.24, 2.45) is 11.7 Å².